The van der Waals surface area contributed by atoms with Gasteiger partial charge in [0.1, 0.15) is 5.69 Å². The molecular formula is C15H12BrN3O. The summed E-state index contributed by atoms with van der Waals surface area (Å²) in [6, 6.07) is 13.4. The maximum atomic E-state index is 12.0. The number of nitrogens with one attached hydrogen (secondary N) is 2. The number of anilines is 2. The number of halogens is 1. The van der Waals surface area contributed by atoms with Gasteiger partial charge in [-0.1, -0.05) is 28.1 Å². The third-order valence-corrected chi connectivity index (χ3v) is 3.50. The van der Waals surface area contributed by atoms with Gasteiger partial charge < -0.3 is 16.0 Å². The van der Waals surface area contributed by atoms with Gasteiger partial charge in [0.05, 0.1) is 0 Å². The molecule has 0 fully saturated rings. The first-order valence-corrected chi connectivity index (χ1v) is 6.86. The van der Waals surface area contributed by atoms with E-state index in [0.29, 0.717) is 11.4 Å². The predicted octanol–water partition coefficient (Wildman–Crippen LogP) is 3.76. The smallest absolute Gasteiger partial charge is 0.272 e. The fourth-order valence-electron chi connectivity index (χ4n) is 2.03. The quantitative estimate of drug-likeness (QED) is 0.669. The second kappa shape index (κ2) is 5.02. The van der Waals surface area contributed by atoms with Crippen LogP contribution in [0.3, 0.4) is 0 Å². The molecule has 0 saturated heterocycles. The monoisotopic (exact) mass is 329 g/mol. The summed E-state index contributed by atoms with van der Waals surface area (Å²) in [5.41, 5.74) is 7.31. The second-order valence-electron chi connectivity index (χ2n) is 4.51. The highest BCUT2D eigenvalue weighted by atomic mass is 79.9. The lowest BCUT2D eigenvalue weighted by atomic mass is 10.1. The molecule has 0 aliphatic heterocycles. The average molecular weight is 330 g/mol. The van der Waals surface area contributed by atoms with Crippen LogP contribution in [0.2, 0.25) is 0 Å². The molecular weight excluding hydrogens is 318 g/mol. The summed E-state index contributed by atoms with van der Waals surface area (Å²) in [5, 5.41) is 5.02. The summed E-state index contributed by atoms with van der Waals surface area (Å²) in [6.07, 6.45) is 1.59. The molecule has 5 heteroatoms. The van der Waals surface area contributed by atoms with Crippen LogP contribution < -0.4 is 11.1 Å². The molecule has 0 aliphatic rings. The minimum absolute atomic E-state index is 0.210. The van der Waals surface area contributed by atoms with Crippen molar-refractivity contribution in [3.63, 3.8) is 0 Å². The molecule has 0 spiro atoms. The molecule has 1 aromatic heterocycles. The second-order valence-corrected chi connectivity index (χ2v) is 5.42. The Bertz CT molecular complexity index is 795. The van der Waals surface area contributed by atoms with Gasteiger partial charge in [-0.25, -0.2) is 0 Å². The number of rotatable bonds is 2. The van der Waals surface area contributed by atoms with Gasteiger partial charge in [0.15, 0.2) is 0 Å². The first-order valence-electron chi connectivity index (χ1n) is 6.06. The Morgan fingerprint density at radius 3 is 2.60 bits per heavy atom. The summed E-state index contributed by atoms with van der Waals surface area (Å²) < 4.78 is 1.03. The molecule has 0 atom stereocenters. The van der Waals surface area contributed by atoms with Crippen LogP contribution >= 0.6 is 15.9 Å². The average Bonchev–Trinajstić information content (AvgIpc) is 2.86. The van der Waals surface area contributed by atoms with Gasteiger partial charge in [0.25, 0.3) is 5.91 Å². The minimum Gasteiger partial charge on any atom is -0.397 e. The molecule has 0 radical (unpaired) electrons. The van der Waals surface area contributed by atoms with Crippen molar-refractivity contribution < 1.29 is 4.79 Å². The number of carbonyl (C=O) groups is 1. The predicted molar refractivity (Wildman–Crippen MR) is 84.8 cm³/mol. The highest BCUT2D eigenvalue weighted by Gasteiger charge is 2.08. The number of aromatic nitrogens is 1. The molecule has 1 heterocycles. The third-order valence-electron chi connectivity index (χ3n) is 3.01. The Morgan fingerprint density at radius 1 is 1.10 bits per heavy atom. The summed E-state index contributed by atoms with van der Waals surface area (Å²) in [4.78, 5) is 14.8. The Labute approximate surface area is 124 Å². The number of amides is 1. The van der Waals surface area contributed by atoms with Crippen LogP contribution in [0.1, 0.15) is 10.5 Å². The molecule has 3 aromatic rings. The van der Waals surface area contributed by atoms with E-state index in [1.54, 1.807) is 12.3 Å². The first kappa shape index (κ1) is 12.7. The summed E-state index contributed by atoms with van der Waals surface area (Å²) in [7, 11) is 0. The maximum Gasteiger partial charge on any atom is 0.272 e. The van der Waals surface area contributed by atoms with Crippen LogP contribution in [-0.4, -0.2) is 10.9 Å². The lowest BCUT2D eigenvalue weighted by molar-refractivity contribution is 0.102. The van der Waals surface area contributed by atoms with E-state index in [-0.39, 0.29) is 5.91 Å². The van der Waals surface area contributed by atoms with Gasteiger partial charge in [0.2, 0.25) is 0 Å². The first-order chi connectivity index (χ1) is 9.61. The van der Waals surface area contributed by atoms with E-state index >= 15 is 0 Å². The lowest BCUT2D eigenvalue weighted by Gasteiger charge is -2.06. The van der Waals surface area contributed by atoms with Gasteiger partial charge in [0, 0.05) is 22.0 Å². The van der Waals surface area contributed by atoms with E-state index in [2.05, 4.69) is 26.2 Å². The van der Waals surface area contributed by atoms with Gasteiger partial charge in [-0.2, -0.15) is 0 Å². The molecule has 0 aliphatic carbocycles. The number of nitrogen functional groups attached to an aromatic ring is 1. The number of nitrogens with two attached hydrogens (primary N) is 1. The fraction of sp³-hybridized carbons (Fsp3) is 0. The lowest BCUT2D eigenvalue weighted by Crippen LogP contribution is -2.12. The van der Waals surface area contributed by atoms with Crippen molar-refractivity contribution in [3.05, 3.63) is 58.8 Å². The molecule has 20 heavy (non-hydrogen) atoms. The third kappa shape index (κ3) is 2.53. The number of carbonyl (C=O) groups excluding carboxylic acids is 1. The summed E-state index contributed by atoms with van der Waals surface area (Å²) in [6.45, 7) is 0. The van der Waals surface area contributed by atoms with Gasteiger partial charge in [-0.05, 0) is 41.1 Å². The topological polar surface area (TPSA) is 70.9 Å². The van der Waals surface area contributed by atoms with E-state index in [1.165, 1.54) is 0 Å². The highest BCUT2D eigenvalue weighted by molar-refractivity contribution is 9.10. The Morgan fingerprint density at radius 2 is 1.85 bits per heavy atom. The molecule has 4 N–H and O–H groups in total. The molecule has 100 valence electrons. The fourth-order valence-corrected chi connectivity index (χ4v) is 2.41. The minimum atomic E-state index is -0.210. The van der Waals surface area contributed by atoms with Crippen molar-refractivity contribution >= 4 is 44.0 Å². The zero-order chi connectivity index (χ0) is 14.1. The van der Waals surface area contributed by atoms with E-state index in [9.17, 15) is 4.79 Å². The standard InChI is InChI=1S/C15H12BrN3O/c16-11-3-1-10-6-13(4-2-9(10)5-11)19-15(20)14-7-12(17)8-18-14/h1-8,18H,17H2,(H,19,20). The van der Waals surface area contributed by atoms with Crippen molar-refractivity contribution in [2.24, 2.45) is 0 Å². The number of H-pyrrole nitrogens is 1. The van der Waals surface area contributed by atoms with Gasteiger partial charge in [-0.3, -0.25) is 4.79 Å². The zero-order valence-corrected chi connectivity index (χ0v) is 12.1. The van der Waals surface area contributed by atoms with Crippen LogP contribution in [0.5, 0.6) is 0 Å². The van der Waals surface area contributed by atoms with Crippen molar-refractivity contribution in [2.45, 2.75) is 0 Å². The molecule has 3 rings (SSSR count). The SMILES string of the molecule is Nc1c[nH]c(C(=O)Nc2ccc3cc(Br)ccc3c2)c1. The molecule has 0 bridgehead atoms. The van der Waals surface area contributed by atoms with E-state index in [0.717, 1.165) is 20.9 Å². The molecule has 0 unspecified atom stereocenters. The van der Waals surface area contributed by atoms with Crippen LogP contribution in [0.4, 0.5) is 11.4 Å². The maximum absolute atomic E-state index is 12.0. The Kier molecular flexibility index (Phi) is 3.20. The molecule has 4 nitrogen and oxygen atoms in total. The highest BCUT2D eigenvalue weighted by Crippen LogP contribution is 2.23. The number of aromatic amines is 1. The van der Waals surface area contributed by atoms with Gasteiger partial charge >= 0.3 is 0 Å². The zero-order valence-electron chi connectivity index (χ0n) is 10.5. The number of hydrogen-bond acceptors (Lipinski definition) is 2. The van der Waals surface area contributed by atoms with E-state index < -0.39 is 0 Å². The van der Waals surface area contributed by atoms with Gasteiger partial charge in [-0.15, -0.1) is 0 Å². The van der Waals surface area contributed by atoms with E-state index in [1.807, 2.05) is 36.4 Å². The van der Waals surface area contributed by atoms with Crippen molar-refractivity contribution in [1.82, 2.24) is 4.98 Å². The van der Waals surface area contributed by atoms with Crippen molar-refractivity contribution in [2.75, 3.05) is 11.1 Å². The van der Waals surface area contributed by atoms with Crippen LogP contribution in [0.15, 0.2) is 53.1 Å². The van der Waals surface area contributed by atoms with Crippen molar-refractivity contribution in [3.8, 4) is 0 Å². The number of benzene rings is 2. The van der Waals surface area contributed by atoms with Crippen LogP contribution in [-0.2, 0) is 0 Å². The Balaban J connectivity index is 1.87. The summed E-state index contributed by atoms with van der Waals surface area (Å²) in [5.74, 6) is -0.210. The number of fused-ring (bicyclic) bond motifs is 1. The van der Waals surface area contributed by atoms with Crippen LogP contribution in [0, 0.1) is 0 Å². The van der Waals surface area contributed by atoms with Crippen molar-refractivity contribution in [1.29, 1.82) is 0 Å². The molecule has 0 saturated carbocycles. The Hall–Kier alpha value is -2.27. The van der Waals surface area contributed by atoms with E-state index in [4.69, 9.17) is 5.73 Å². The van der Waals surface area contributed by atoms with Crippen LogP contribution in [0.25, 0.3) is 10.8 Å². The largest absolute Gasteiger partial charge is 0.397 e. The molecule has 1 amide bonds. The normalized spacial score (nSPS) is 10.7. The summed E-state index contributed by atoms with van der Waals surface area (Å²) >= 11 is 3.44. The molecule has 2 aromatic carbocycles. The number of hydrogen-bond donors (Lipinski definition) is 3.